The number of hydrogen-bond acceptors (Lipinski definition) is 6. The first-order valence-electron chi connectivity index (χ1n) is 11.2. The van der Waals surface area contributed by atoms with E-state index in [4.69, 9.17) is 59.8 Å². The summed E-state index contributed by atoms with van der Waals surface area (Å²) in [5.74, 6) is 0. The monoisotopic (exact) mass is 616 g/mol. The van der Waals surface area contributed by atoms with Crippen molar-refractivity contribution in [3.63, 3.8) is 0 Å². The van der Waals surface area contributed by atoms with Gasteiger partial charge in [-0.05, 0) is 52.0 Å². The average Bonchev–Trinajstić information content (AvgIpc) is 2.81. The number of rotatable bonds is 8. The van der Waals surface area contributed by atoms with Crippen molar-refractivity contribution in [3.8, 4) is 0 Å². The van der Waals surface area contributed by atoms with E-state index in [0.29, 0.717) is 24.5 Å². The Hall–Kier alpha value is -1.42. The SMILES string of the molecule is CCN(CCO)c1ccc(C)c([N+]#N)c1.CCN(CCO)c1ccc(C)c([N+]#N)c1.[Cl][Zn-2]([Cl])([Cl])[Cl]. The second-order valence-corrected chi connectivity index (χ2v) is 35.1. The minimum absolute atomic E-state index is 0.118. The van der Waals surface area contributed by atoms with Crippen molar-refractivity contribution >= 4 is 61.5 Å². The number of likely N-dealkylation sites (N-methyl/N-ethyl adjacent to an activating group) is 2. The molecule has 0 unspecified atom stereocenters. The third kappa shape index (κ3) is 14.0. The van der Waals surface area contributed by atoms with Crippen molar-refractivity contribution in [1.29, 1.82) is 10.8 Å². The van der Waals surface area contributed by atoms with Crippen LogP contribution in [-0.2, 0) is 10.8 Å². The second kappa shape index (κ2) is 17.9. The van der Waals surface area contributed by atoms with Crippen molar-refractivity contribution in [3.05, 3.63) is 57.5 Å². The standard InChI is InChI=1S/2C11H16N3O.4ClH.Zn/c2*1-3-14(6-7-15)10-5-4-9(2)11(8-10)13-12;;;;;/h2*4-5,8,15H,3,6-7H2,1-2H3;4*1H;/q2*+1;;;;;+2/p-4. The van der Waals surface area contributed by atoms with Crippen LogP contribution < -0.4 is 9.80 Å². The molecule has 0 spiro atoms. The molecule has 0 aromatic heterocycles. The molecule has 8 nitrogen and oxygen atoms in total. The maximum absolute atomic E-state index is 8.90. The Morgan fingerprint density at radius 3 is 1.29 bits per heavy atom. The van der Waals surface area contributed by atoms with E-state index in [1.54, 1.807) is 0 Å². The summed E-state index contributed by atoms with van der Waals surface area (Å²) in [7, 11) is 16.8. The number of aryl methyl sites for hydroxylation is 2. The molecule has 0 atom stereocenters. The van der Waals surface area contributed by atoms with Gasteiger partial charge in [0.1, 0.15) is 0 Å². The van der Waals surface area contributed by atoms with Crippen LogP contribution in [0.15, 0.2) is 36.4 Å². The molecule has 0 aliphatic heterocycles. The normalized spacial score (nSPS) is 10.1. The van der Waals surface area contributed by atoms with E-state index >= 15 is 0 Å². The second-order valence-electron chi connectivity index (χ2n) is 7.35. The van der Waals surface area contributed by atoms with E-state index in [0.717, 1.165) is 35.6 Å². The van der Waals surface area contributed by atoms with E-state index < -0.39 is 10.8 Å². The molecule has 2 N–H and O–H groups in total. The zero-order valence-corrected chi connectivity index (χ0v) is 26.5. The summed E-state index contributed by atoms with van der Waals surface area (Å²) in [6, 6.07) is 11.4. The van der Waals surface area contributed by atoms with E-state index in [2.05, 4.69) is 9.95 Å². The molecule has 35 heavy (non-hydrogen) atoms. The predicted molar refractivity (Wildman–Crippen MR) is 145 cm³/mol. The van der Waals surface area contributed by atoms with Gasteiger partial charge < -0.3 is 20.0 Å². The molecule has 2 aromatic carbocycles. The molecule has 0 saturated carbocycles. The van der Waals surface area contributed by atoms with Gasteiger partial charge in [0.25, 0.3) is 0 Å². The molecule has 0 radical (unpaired) electrons. The van der Waals surface area contributed by atoms with E-state index in [-0.39, 0.29) is 13.2 Å². The van der Waals surface area contributed by atoms with Crippen LogP contribution in [-0.4, -0.2) is 49.6 Å². The molecular formula is C22H32Cl4N6O2Zn. The molecule has 0 aliphatic carbocycles. The first-order valence-corrected chi connectivity index (χ1v) is 26.7. The Morgan fingerprint density at radius 2 is 1.06 bits per heavy atom. The van der Waals surface area contributed by atoms with Crippen LogP contribution in [0.25, 0.3) is 9.95 Å². The van der Waals surface area contributed by atoms with Gasteiger partial charge in [-0.3, -0.25) is 0 Å². The minimum atomic E-state index is -3.36. The van der Waals surface area contributed by atoms with Crippen LogP contribution >= 0.6 is 38.8 Å². The topological polar surface area (TPSA) is 103 Å². The van der Waals surface area contributed by atoms with Crippen LogP contribution in [0.5, 0.6) is 0 Å². The number of anilines is 2. The Bertz CT molecular complexity index is 916. The number of benzene rings is 2. The molecule has 0 heterocycles. The maximum atomic E-state index is 8.90. The van der Waals surface area contributed by atoms with Crippen molar-refractivity contribution in [2.24, 2.45) is 0 Å². The number of diazo groups is 2. The molecule has 0 fully saturated rings. The van der Waals surface area contributed by atoms with Crippen LogP contribution in [0.3, 0.4) is 0 Å². The van der Waals surface area contributed by atoms with E-state index in [1.165, 1.54) is 0 Å². The summed E-state index contributed by atoms with van der Waals surface area (Å²) in [6.07, 6.45) is 0. The first-order chi connectivity index (χ1) is 16.4. The number of aliphatic hydroxyl groups is 2. The quantitative estimate of drug-likeness (QED) is 0.237. The summed E-state index contributed by atoms with van der Waals surface area (Å²) in [5.41, 5.74) is 4.94. The van der Waals surface area contributed by atoms with Gasteiger partial charge in [0.15, 0.2) is 9.95 Å². The van der Waals surface area contributed by atoms with Gasteiger partial charge in [0.2, 0.25) is 10.8 Å². The molecule has 0 amide bonds. The Balaban J connectivity index is 0.000000555. The molecule has 192 valence electrons. The van der Waals surface area contributed by atoms with Gasteiger partial charge in [0.05, 0.1) is 25.3 Å². The number of hydrogen-bond donors (Lipinski definition) is 2. The van der Waals surface area contributed by atoms with Crippen molar-refractivity contribution in [1.82, 2.24) is 0 Å². The fourth-order valence-electron chi connectivity index (χ4n) is 2.99. The third-order valence-electron chi connectivity index (χ3n) is 4.83. The van der Waals surface area contributed by atoms with E-state index in [9.17, 15) is 0 Å². The summed E-state index contributed by atoms with van der Waals surface area (Å²) < 4.78 is 0. The molecule has 2 rings (SSSR count). The Morgan fingerprint density at radius 1 is 0.743 bits per heavy atom. The van der Waals surface area contributed by atoms with Gasteiger partial charge in [0, 0.05) is 48.7 Å². The zero-order valence-electron chi connectivity index (χ0n) is 20.5. The zero-order chi connectivity index (χ0) is 27.0. The molecule has 2 aromatic rings. The molecule has 0 aliphatic rings. The molecule has 0 bridgehead atoms. The average molecular weight is 620 g/mol. The van der Waals surface area contributed by atoms with Gasteiger partial charge in [-0.2, -0.15) is 0 Å². The van der Waals surface area contributed by atoms with Crippen molar-refractivity contribution < 1.29 is 21.0 Å². The fourth-order valence-corrected chi connectivity index (χ4v) is 2.99. The predicted octanol–water partition coefficient (Wildman–Crippen LogP) is 7.35. The van der Waals surface area contributed by atoms with Gasteiger partial charge in [-0.25, -0.2) is 0 Å². The third-order valence-corrected chi connectivity index (χ3v) is 4.83. The summed E-state index contributed by atoms with van der Waals surface area (Å²) in [6.45, 7) is 10.9. The summed E-state index contributed by atoms with van der Waals surface area (Å²) in [4.78, 5) is 10.5. The van der Waals surface area contributed by atoms with Crippen LogP contribution in [0, 0.1) is 24.6 Å². The molecular weight excluding hydrogens is 587 g/mol. The Labute approximate surface area is 226 Å². The number of aliphatic hydroxyl groups excluding tert-OH is 2. The van der Waals surface area contributed by atoms with Gasteiger partial charge in [-0.15, -0.1) is 0 Å². The Kier molecular flexibility index (Phi) is 17.2. The number of nitrogens with zero attached hydrogens (tertiary/aromatic N) is 6. The van der Waals surface area contributed by atoms with Crippen molar-refractivity contribution in [2.45, 2.75) is 27.7 Å². The molecule has 13 heteroatoms. The number of halogens is 4. The van der Waals surface area contributed by atoms with Crippen LogP contribution in [0.4, 0.5) is 22.7 Å². The van der Waals surface area contributed by atoms with Crippen molar-refractivity contribution in [2.75, 3.05) is 49.2 Å². The van der Waals surface area contributed by atoms with E-state index in [1.807, 2.05) is 73.9 Å². The van der Waals surface area contributed by atoms with Crippen LogP contribution in [0.2, 0.25) is 0 Å². The molecule has 0 saturated heterocycles. The van der Waals surface area contributed by atoms with Gasteiger partial charge in [-0.1, -0.05) is 0 Å². The van der Waals surface area contributed by atoms with Gasteiger partial charge >= 0.3 is 61.0 Å². The summed E-state index contributed by atoms with van der Waals surface area (Å²) in [5, 5.41) is 35.4. The first kappa shape index (κ1) is 33.6. The fraction of sp³-hybridized carbons (Fsp3) is 0.455. The van der Waals surface area contributed by atoms with Crippen LogP contribution in [0.1, 0.15) is 25.0 Å². The summed E-state index contributed by atoms with van der Waals surface area (Å²) >= 11 is 0.